The lowest BCUT2D eigenvalue weighted by atomic mass is 9.66. The third kappa shape index (κ3) is 6.48. The molecular weight excluding hydrogens is 464 g/mol. The average molecular weight is 505 g/mol. The highest BCUT2D eigenvalue weighted by Gasteiger charge is 2.47. The predicted molar refractivity (Wildman–Crippen MR) is 121 cm³/mol. The van der Waals surface area contributed by atoms with E-state index in [0.717, 1.165) is 12.0 Å². The molecular formula is C24H40O11. The third-order valence-corrected chi connectivity index (χ3v) is 7.33. The molecule has 3 aliphatic rings. The summed E-state index contributed by atoms with van der Waals surface area (Å²) >= 11 is 0. The van der Waals surface area contributed by atoms with Crippen molar-refractivity contribution in [2.24, 2.45) is 11.3 Å². The highest BCUT2D eigenvalue weighted by Crippen LogP contribution is 2.42. The van der Waals surface area contributed by atoms with Crippen LogP contribution in [0.5, 0.6) is 0 Å². The van der Waals surface area contributed by atoms with E-state index >= 15 is 0 Å². The van der Waals surface area contributed by atoms with Gasteiger partial charge in [0.1, 0.15) is 42.7 Å². The van der Waals surface area contributed by atoms with Gasteiger partial charge in [-0.1, -0.05) is 19.4 Å². The smallest absolute Gasteiger partial charge is 0.186 e. The number of carbonyl (C=O) groups is 1. The van der Waals surface area contributed by atoms with Crippen LogP contribution < -0.4 is 0 Å². The van der Waals surface area contributed by atoms with Crippen LogP contribution in [0.2, 0.25) is 0 Å². The SMILES string of the molecule is CC1=CC(=O)CC(C)(C)[C@H]1CC[C@@H](C)O[C@@H]1O[C@H](CO[C@@H]2O[C@@H](CO)[C@H](O)[C@H]2O)[C@@H](O)[C@H](O)[C@H]1O. The highest BCUT2D eigenvalue weighted by molar-refractivity contribution is 5.91. The summed E-state index contributed by atoms with van der Waals surface area (Å²) in [6.07, 6.45) is -8.73. The molecule has 0 radical (unpaired) electrons. The summed E-state index contributed by atoms with van der Waals surface area (Å²) in [6.45, 7) is 7.07. The molecule has 2 saturated heterocycles. The van der Waals surface area contributed by atoms with Crippen LogP contribution in [0.15, 0.2) is 11.6 Å². The topological polar surface area (TPSA) is 175 Å². The standard InChI is InChI=1S/C24H40O11/c1-11-7-13(26)8-24(3,4)14(11)6-5-12(2)33-23-21(31)19(29)18(28)16(35-23)10-32-22-20(30)17(27)15(9-25)34-22/h7,12,14-23,25,27-31H,5-6,8-10H2,1-4H3/t12-,14+,15+,16-,17+,18-,19+,20-,21-,22-,23-/m1/s1. The van der Waals surface area contributed by atoms with Gasteiger partial charge in [0.05, 0.1) is 19.3 Å². The largest absolute Gasteiger partial charge is 0.394 e. The molecule has 0 amide bonds. The molecule has 11 nitrogen and oxygen atoms in total. The molecule has 35 heavy (non-hydrogen) atoms. The molecule has 11 heteroatoms. The molecule has 202 valence electrons. The molecule has 2 fully saturated rings. The Morgan fingerprint density at radius 2 is 1.60 bits per heavy atom. The van der Waals surface area contributed by atoms with Gasteiger partial charge in [-0.2, -0.15) is 0 Å². The second-order valence-corrected chi connectivity index (χ2v) is 10.7. The van der Waals surface area contributed by atoms with Gasteiger partial charge in [-0.3, -0.25) is 4.79 Å². The third-order valence-electron chi connectivity index (χ3n) is 7.33. The number of carbonyl (C=O) groups excluding carboxylic acids is 1. The van der Waals surface area contributed by atoms with Gasteiger partial charge in [0.25, 0.3) is 0 Å². The van der Waals surface area contributed by atoms with Gasteiger partial charge in [-0.15, -0.1) is 0 Å². The first-order valence-electron chi connectivity index (χ1n) is 12.2. The van der Waals surface area contributed by atoms with E-state index in [1.54, 1.807) is 6.08 Å². The number of hydrogen-bond donors (Lipinski definition) is 6. The predicted octanol–water partition coefficient (Wildman–Crippen LogP) is -1.00. The van der Waals surface area contributed by atoms with Gasteiger partial charge in [0.2, 0.25) is 0 Å². The van der Waals surface area contributed by atoms with Gasteiger partial charge in [-0.05, 0) is 44.1 Å². The number of aliphatic hydroxyl groups is 6. The van der Waals surface area contributed by atoms with E-state index in [4.69, 9.17) is 18.9 Å². The van der Waals surface area contributed by atoms with Crippen molar-refractivity contribution >= 4 is 5.78 Å². The van der Waals surface area contributed by atoms with Crippen molar-refractivity contribution in [3.63, 3.8) is 0 Å². The Kier molecular flexibility index (Phi) is 9.47. The number of hydrogen-bond acceptors (Lipinski definition) is 11. The van der Waals surface area contributed by atoms with Crippen molar-refractivity contribution in [1.82, 2.24) is 0 Å². The van der Waals surface area contributed by atoms with Crippen molar-refractivity contribution in [2.45, 2.75) is 108 Å². The summed E-state index contributed by atoms with van der Waals surface area (Å²) < 4.78 is 22.2. The Bertz CT molecular complexity index is 756. The molecule has 3 rings (SSSR count). The van der Waals surface area contributed by atoms with E-state index in [0.29, 0.717) is 12.8 Å². The lowest BCUT2D eigenvalue weighted by molar-refractivity contribution is -0.318. The van der Waals surface area contributed by atoms with Gasteiger partial charge in [0, 0.05) is 6.42 Å². The Hall–Kier alpha value is -0.990. The minimum atomic E-state index is -1.56. The fourth-order valence-corrected chi connectivity index (χ4v) is 5.27. The Labute approximate surface area is 205 Å². The van der Waals surface area contributed by atoms with Crippen molar-refractivity contribution in [3.05, 3.63) is 11.6 Å². The maximum atomic E-state index is 11.9. The zero-order valence-electron chi connectivity index (χ0n) is 20.7. The fourth-order valence-electron chi connectivity index (χ4n) is 5.27. The lowest BCUT2D eigenvalue weighted by Gasteiger charge is -2.42. The summed E-state index contributed by atoms with van der Waals surface area (Å²) in [7, 11) is 0. The van der Waals surface area contributed by atoms with Gasteiger partial charge in [-0.25, -0.2) is 0 Å². The van der Waals surface area contributed by atoms with Crippen LogP contribution in [0.3, 0.4) is 0 Å². The molecule has 6 N–H and O–H groups in total. The quantitative estimate of drug-likeness (QED) is 0.227. The molecule has 0 aromatic heterocycles. The van der Waals surface area contributed by atoms with Gasteiger partial charge >= 0.3 is 0 Å². The Balaban J connectivity index is 1.55. The molecule has 2 aliphatic heterocycles. The molecule has 0 aromatic rings. The van der Waals surface area contributed by atoms with E-state index in [1.807, 2.05) is 13.8 Å². The van der Waals surface area contributed by atoms with E-state index in [2.05, 4.69) is 13.8 Å². The first-order valence-corrected chi connectivity index (χ1v) is 12.2. The second kappa shape index (κ2) is 11.6. The van der Waals surface area contributed by atoms with Gasteiger partial charge in [0.15, 0.2) is 18.4 Å². The zero-order chi connectivity index (χ0) is 26.1. The van der Waals surface area contributed by atoms with Crippen LogP contribution in [0.1, 0.15) is 47.0 Å². The summed E-state index contributed by atoms with van der Waals surface area (Å²) in [4.78, 5) is 11.9. The maximum Gasteiger partial charge on any atom is 0.186 e. The van der Waals surface area contributed by atoms with E-state index in [1.165, 1.54) is 0 Å². The highest BCUT2D eigenvalue weighted by atomic mass is 16.7. The van der Waals surface area contributed by atoms with Crippen LogP contribution in [0.25, 0.3) is 0 Å². The molecule has 2 heterocycles. The van der Waals surface area contributed by atoms with Crippen LogP contribution in [0, 0.1) is 11.3 Å². The lowest BCUT2D eigenvalue weighted by Crippen LogP contribution is -2.60. The van der Waals surface area contributed by atoms with Crippen molar-refractivity contribution in [3.8, 4) is 0 Å². The van der Waals surface area contributed by atoms with Crippen LogP contribution >= 0.6 is 0 Å². The normalized spacial score (nSPS) is 42.7. The monoisotopic (exact) mass is 504 g/mol. The minimum Gasteiger partial charge on any atom is -0.394 e. The molecule has 0 saturated carbocycles. The van der Waals surface area contributed by atoms with E-state index < -0.39 is 61.9 Å². The van der Waals surface area contributed by atoms with Gasteiger partial charge < -0.3 is 49.6 Å². The summed E-state index contributed by atoms with van der Waals surface area (Å²) in [5, 5.41) is 60.1. The number of aliphatic hydroxyl groups excluding tert-OH is 6. The first kappa shape index (κ1) is 28.6. The van der Waals surface area contributed by atoms with E-state index in [9.17, 15) is 35.4 Å². The molecule has 0 bridgehead atoms. The molecule has 0 aromatic carbocycles. The molecule has 0 spiro atoms. The number of ether oxygens (including phenoxy) is 4. The van der Waals surface area contributed by atoms with Crippen LogP contribution in [-0.2, 0) is 23.7 Å². The fraction of sp³-hybridized carbons (Fsp3) is 0.875. The van der Waals surface area contributed by atoms with Crippen molar-refractivity contribution in [1.29, 1.82) is 0 Å². The number of ketones is 1. The molecule has 11 atom stereocenters. The summed E-state index contributed by atoms with van der Waals surface area (Å²) in [5.41, 5.74) is 0.863. The number of allylic oxidation sites excluding steroid dienone is 2. The average Bonchev–Trinajstić information content (AvgIpc) is 3.05. The first-order chi connectivity index (χ1) is 16.4. The van der Waals surface area contributed by atoms with Crippen molar-refractivity contribution in [2.75, 3.05) is 13.2 Å². The minimum absolute atomic E-state index is 0.129. The Morgan fingerprint density at radius 3 is 2.20 bits per heavy atom. The number of rotatable bonds is 9. The summed E-state index contributed by atoms with van der Waals surface area (Å²) in [6, 6.07) is 0. The summed E-state index contributed by atoms with van der Waals surface area (Å²) in [5.74, 6) is 0.331. The maximum absolute atomic E-state index is 11.9. The molecule has 0 unspecified atom stereocenters. The van der Waals surface area contributed by atoms with Crippen LogP contribution in [0.4, 0.5) is 0 Å². The zero-order valence-corrected chi connectivity index (χ0v) is 20.7. The second-order valence-electron chi connectivity index (χ2n) is 10.7. The van der Waals surface area contributed by atoms with Crippen molar-refractivity contribution < 1.29 is 54.4 Å². The molecule has 1 aliphatic carbocycles. The Morgan fingerprint density at radius 1 is 1.00 bits per heavy atom. The van der Waals surface area contributed by atoms with Crippen LogP contribution in [-0.4, -0.2) is 111 Å². The van der Waals surface area contributed by atoms with E-state index in [-0.39, 0.29) is 29.8 Å².